The van der Waals surface area contributed by atoms with Crippen molar-refractivity contribution in [1.29, 1.82) is 0 Å². The lowest BCUT2D eigenvalue weighted by Crippen LogP contribution is -2.53. The van der Waals surface area contributed by atoms with Gasteiger partial charge >= 0.3 is 0 Å². The third kappa shape index (κ3) is 2.76. The van der Waals surface area contributed by atoms with E-state index in [0.717, 1.165) is 50.2 Å². The number of nitrogens with zero attached hydrogens (tertiary/aromatic N) is 1. The number of amides is 1. The summed E-state index contributed by atoms with van der Waals surface area (Å²) >= 11 is 0. The number of piperidine rings is 1. The highest BCUT2D eigenvalue weighted by molar-refractivity contribution is 5.87. The summed E-state index contributed by atoms with van der Waals surface area (Å²) in [7, 11) is 0. The molecule has 0 radical (unpaired) electrons. The molecule has 2 aliphatic heterocycles. The Balaban J connectivity index is 1.65. The first-order valence-electron chi connectivity index (χ1n) is 9.06. The number of Topliss-reactive ketones (excluding diaryl/α,β-unsaturated/α-hetero) is 1. The van der Waals surface area contributed by atoms with Crippen molar-refractivity contribution in [3.8, 4) is 5.75 Å². The van der Waals surface area contributed by atoms with Gasteiger partial charge in [-0.2, -0.15) is 0 Å². The molecule has 0 unspecified atom stereocenters. The van der Waals surface area contributed by atoms with Crippen LogP contribution in [-0.2, 0) is 9.59 Å². The Morgan fingerprint density at radius 2 is 1.96 bits per heavy atom. The number of nitrogens with one attached hydrogen (secondary N) is 1. The topological polar surface area (TPSA) is 58.6 Å². The lowest BCUT2D eigenvalue weighted by molar-refractivity contribution is -0.124. The maximum absolute atomic E-state index is 12.3. The minimum absolute atomic E-state index is 0.0930. The first kappa shape index (κ1) is 15.5. The molecule has 1 N–H and O–H groups in total. The summed E-state index contributed by atoms with van der Waals surface area (Å²) in [6.45, 7) is 2.14. The first-order chi connectivity index (χ1) is 11.7. The molecule has 1 saturated heterocycles. The number of fused-ring (bicyclic) bond motifs is 1. The molecule has 128 valence electrons. The van der Waals surface area contributed by atoms with Gasteiger partial charge in [0.15, 0.2) is 0 Å². The van der Waals surface area contributed by atoms with Crippen LogP contribution in [0, 0.1) is 0 Å². The van der Waals surface area contributed by atoms with E-state index in [2.05, 4.69) is 28.4 Å². The Bertz CT molecular complexity index is 648. The summed E-state index contributed by atoms with van der Waals surface area (Å²) in [6.07, 6.45) is 5.07. The van der Waals surface area contributed by atoms with Crippen LogP contribution in [0.15, 0.2) is 18.2 Å². The van der Waals surface area contributed by atoms with Crippen molar-refractivity contribution in [2.75, 3.05) is 24.6 Å². The number of anilines is 1. The predicted molar refractivity (Wildman–Crippen MR) is 91.5 cm³/mol. The van der Waals surface area contributed by atoms with Gasteiger partial charge in [0.1, 0.15) is 24.2 Å². The largest absolute Gasteiger partial charge is 0.489 e. The number of para-hydroxylation sites is 1. The third-order valence-electron chi connectivity index (χ3n) is 5.53. The van der Waals surface area contributed by atoms with Gasteiger partial charge in [-0.3, -0.25) is 9.59 Å². The highest BCUT2D eigenvalue weighted by Crippen LogP contribution is 2.43. The van der Waals surface area contributed by atoms with Crippen LogP contribution in [0.2, 0.25) is 0 Å². The monoisotopic (exact) mass is 328 g/mol. The van der Waals surface area contributed by atoms with Crippen molar-refractivity contribution < 1.29 is 14.3 Å². The van der Waals surface area contributed by atoms with E-state index in [1.54, 1.807) is 0 Å². The van der Waals surface area contributed by atoms with E-state index >= 15 is 0 Å². The van der Waals surface area contributed by atoms with Gasteiger partial charge in [0.2, 0.25) is 5.91 Å². The number of carbonyl (C=O) groups excluding carboxylic acids is 2. The summed E-state index contributed by atoms with van der Waals surface area (Å²) in [4.78, 5) is 26.0. The first-order valence-corrected chi connectivity index (χ1v) is 9.06. The fourth-order valence-electron chi connectivity index (χ4n) is 4.24. The van der Waals surface area contributed by atoms with Crippen LogP contribution in [0.1, 0.15) is 50.0 Å². The molecule has 0 aromatic heterocycles. The van der Waals surface area contributed by atoms with Crippen molar-refractivity contribution >= 4 is 17.4 Å². The molecule has 4 rings (SSSR count). The Morgan fingerprint density at radius 1 is 1.12 bits per heavy atom. The predicted octanol–water partition coefficient (Wildman–Crippen LogP) is 2.39. The second kappa shape index (κ2) is 6.46. The molecule has 5 heteroatoms. The molecule has 2 fully saturated rings. The van der Waals surface area contributed by atoms with Gasteiger partial charge in [0.25, 0.3) is 0 Å². The Hall–Kier alpha value is -2.04. The van der Waals surface area contributed by atoms with E-state index in [1.807, 2.05) is 0 Å². The highest BCUT2D eigenvalue weighted by atomic mass is 16.5. The molecule has 1 amide bonds. The second-order valence-corrected chi connectivity index (χ2v) is 7.00. The van der Waals surface area contributed by atoms with Gasteiger partial charge in [-0.25, -0.2) is 0 Å². The van der Waals surface area contributed by atoms with Crippen molar-refractivity contribution in [3.05, 3.63) is 23.8 Å². The zero-order valence-corrected chi connectivity index (χ0v) is 13.9. The van der Waals surface area contributed by atoms with Crippen LogP contribution in [0.4, 0.5) is 5.69 Å². The summed E-state index contributed by atoms with van der Waals surface area (Å²) in [6, 6.07) is 6.16. The molecule has 1 aromatic carbocycles. The SMILES string of the molecule is O=C1CCC(c2cccc3c2OCCN3[C@H]2CCCNC2=O)CC1. The van der Waals surface area contributed by atoms with Gasteiger partial charge in [0, 0.05) is 19.4 Å². The molecule has 2 heterocycles. The van der Waals surface area contributed by atoms with E-state index in [0.29, 0.717) is 31.1 Å². The van der Waals surface area contributed by atoms with Gasteiger partial charge in [-0.05, 0) is 43.2 Å². The molecule has 1 aromatic rings. The van der Waals surface area contributed by atoms with Crippen LogP contribution in [0.5, 0.6) is 5.75 Å². The molecule has 5 nitrogen and oxygen atoms in total. The molecular weight excluding hydrogens is 304 g/mol. The van der Waals surface area contributed by atoms with Gasteiger partial charge in [-0.1, -0.05) is 12.1 Å². The Kier molecular flexibility index (Phi) is 4.17. The van der Waals surface area contributed by atoms with Crippen LogP contribution in [0.3, 0.4) is 0 Å². The van der Waals surface area contributed by atoms with Crippen molar-refractivity contribution in [3.63, 3.8) is 0 Å². The van der Waals surface area contributed by atoms with E-state index < -0.39 is 0 Å². The number of ether oxygens (including phenoxy) is 1. The van der Waals surface area contributed by atoms with E-state index in [9.17, 15) is 9.59 Å². The Labute approximate surface area is 142 Å². The fourth-order valence-corrected chi connectivity index (χ4v) is 4.24. The minimum Gasteiger partial charge on any atom is -0.489 e. The van der Waals surface area contributed by atoms with E-state index in [4.69, 9.17) is 4.74 Å². The molecule has 1 saturated carbocycles. The van der Waals surface area contributed by atoms with Crippen LogP contribution in [-0.4, -0.2) is 37.4 Å². The Morgan fingerprint density at radius 3 is 2.75 bits per heavy atom. The molecule has 1 aliphatic carbocycles. The standard InChI is InChI=1S/C19H24N2O3/c22-14-8-6-13(7-9-14)15-3-1-4-16-18(15)24-12-11-21(16)17-5-2-10-20-19(17)23/h1,3-4,13,17H,2,5-12H2,(H,20,23)/t17-/m0/s1. The summed E-state index contributed by atoms with van der Waals surface area (Å²) in [5, 5.41) is 2.98. The summed E-state index contributed by atoms with van der Waals surface area (Å²) in [5.41, 5.74) is 2.25. The van der Waals surface area contributed by atoms with Gasteiger partial charge in [0.05, 0.1) is 12.2 Å². The molecule has 24 heavy (non-hydrogen) atoms. The summed E-state index contributed by atoms with van der Waals surface area (Å²) in [5.74, 6) is 1.82. The summed E-state index contributed by atoms with van der Waals surface area (Å²) < 4.78 is 6.03. The highest BCUT2D eigenvalue weighted by Gasteiger charge is 2.34. The maximum Gasteiger partial charge on any atom is 0.242 e. The number of hydrogen-bond donors (Lipinski definition) is 1. The number of rotatable bonds is 2. The molecule has 0 spiro atoms. The van der Waals surface area contributed by atoms with Crippen LogP contribution in [0.25, 0.3) is 0 Å². The normalized spacial score (nSPS) is 25.0. The quantitative estimate of drug-likeness (QED) is 0.906. The molecule has 1 atom stereocenters. The lowest BCUT2D eigenvalue weighted by atomic mass is 9.82. The smallest absolute Gasteiger partial charge is 0.242 e. The van der Waals surface area contributed by atoms with Crippen molar-refractivity contribution in [2.45, 2.75) is 50.5 Å². The molecular formula is C19H24N2O3. The number of carbonyl (C=O) groups is 2. The average Bonchev–Trinajstić information content (AvgIpc) is 2.62. The van der Waals surface area contributed by atoms with Crippen LogP contribution >= 0.6 is 0 Å². The maximum atomic E-state index is 12.3. The number of ketones is 1. The second-order valence-electron chi connectivity index (χ2n) is 7.00. The lowest BCUT2D eigenvalue weighted by Gasteiger charge is -2.39. The molecule has 3 aliphatic rings. The zero-order valence-electron chi connectivity index (χ0n) is 13.9. The third-order valence-corrected chi connectivity index (χ3v) is 5.53. The zero-order chi connectivity index (χ0) is 16.5. The van der Waals surface area contributed by atoms with E-state index in [1.165, 1.54) is 5.56 Å². The van der Waals surface area contributed by atoms with Gasteiger partial charge in [-0.15, -0.1) is 0 Å². The van der Waals surface area contributed by atoms with Crippen molar-refractivity contribution in [2.24, 2.45) is 0 Å². The number of hydrogen-bond acceptors (Lipinski definition) is 4. The average molecular weight is 328 g/mol. The fraction of sp³-hybridized carbons (Fsp3) is 0.579. The van der Waals surface area contributed by atoms with Gasteiger partial charge < -0.3 is 15.0 Å². The minimum atomic E-state index is -0.0930. The molecule has 0 bridgehead atoms. The van der Waals surface area contributed by atoms with Crippen molar-refractivity contribution in [1.82, 2.24) is 5.32 Å². The number of benzene rings is 1. The van der Waals surface area contributed by atoms with E-state index in [-0.39, 0.29) is 11.9 Å². The van der Waals surface area contributed by atoms with Crippen LogP contribution < -0.4 is 15.0 Å².